The molecule has 1 rings (SSSR count). The van der Waals surface area contributed by atoms with Gasteiger partial charge in [0, 0.05) is 10.5 Å². The van der Waals surface area contributed by atoms with Crippen LogP contribution in [0.25, 0.3) is 0 Å². The molecule has 10 heavy (non-hydrogen) atoms. The molecule has 54 valence electrons. The Kier molecular flexibility index (Phi) is 1.94. The van der Waals surface area contributed by atoms with Gasteiger partial charge >= 0.3 is 0 Å². The molecule has 3 heteroatoms. The van der Waals surface area contributed by atoms with Crippen LogP contribution in [0, 0.1) is 12.7 Å². The van der Waals surface area contributed by atoms with Crippen LogP contribution in [-0.4, -0.2) is 5.11 Å². The summed E-state index contributed by atoms with van der Waals surface area (Å²) in [6, 6.07) is 2.54. The highest BCUT2D eigenvalue weighted by Gasteiger charge is 2.02. The van der Waals surface area contributed by atoms with Crippen molar-refractivity contribution in [3.05, 3.63) is 28.0 Å². The molecule has 0 bridgehead atoms. The van der Waals surface area contributed by atoms with E-state index in [-0.39, 0.29) is 5.75 Å². The fraction of sp³-hybridized carbons (Fsp3) is 0.143. The molecule has 0 amide bonds. The maximum absolute atomic E-state index is 12.7. The van der Waals surface area contributed by atoms with Crippen LogP contribution in [0.5, 0.6) is 5.75 Å². The lowest BCUT2D eigenvalue weighted by molar-refractivity contribution is 0.467. The van der Waals surface area contributed by atoms with Gasteiger partial charge in [0.1, 0.15) is 11.6 Å². The number of hydrogen-bond donors (Lipinski definition) is 1. The van der Waals surface area contributed by atoms with Gasteiger partial charge in [-0.2, -0.15) is 0 Å². The molecule has 0 spiro atoms. The summed E-state index contributed by atoms with van der Waals surface area (Å²) in [4.78, 5) is 0. The molecule has 0 unspecified atom stereocenters. The highest BCUT2D eigenvalue weighted by atomic mass is 79.9. The van der Waals surface area contributed by atoms with Gasteiger partial charge in [-0.1, -0.05) is 15.9 Å². The average Bonchev–Trinajstić information content (AvgIpc) is 1.82. The molecule has 0 aliphatic rings. The predicted molar refractivity (Wildman–Crippen MR) is 40.5 cm³/mol. The van der Waals surface area contributed by atoms with Gasteiger partial charge in [-0.05, 0) is 18.6 Å². The molecule has 1 aromatic rings. The van der Waals surface area contributed by atoms with Crippen molar-refractivity contribution >= 4 is 15.9 Å². The largest absolute Gasteiger partial charge is 0.508 e. The van der Waals surface area contributed by atoms with Crippen molar-refractivity contribution in [3.63, 3.8) is 0 Å². The minimum absolute atomic E-state index is 0.0602. The SMILES string of the molecule is Cc1c(F)cc(O)cc1Br. The fourth-order valence-electron chi connectivity index (χ4n) is 0.632. The molecule has 0 heterocycles. The normalized spacial score (nSPS) is 9.90. The molecule has 0 aromatic heterocycles. The van der Waals surface area contributed by atoms with Crippen molar-refractivity contribution in [2.24, 2.45) is 0 Å². The van der Waals surface area contributed by atoms with Crippen LogP contribution in [-0.2, 0) is 0 Å². The van der Waals surface area contributed by atoms with E-state index in [1.54, 1.807) is 6.92 Å². The van der Waals surface area contributed by atoms with Gasteiger partial charge in [-0.3, -0.25) is 0 Å². The van der Waals surface area contributed by atoms with Crippen LogP contribution in [0.4, 0.5) is 4.39 Å². The Balaban J connectivity index is 3.31. The zero-order chi connectivity index (χ0) is 7.72. The Morgan fingerprint density at radius 1 is 1.50 bits per heavy atom. The van der Waals surface area contributed by atoms with Crippen LogP contribution in [0.3, 0.4) is 0 Å². The summed E-state index contributed by atoms with van der Waals surface area (Å²) >= 11 is 3.10. The number of phenolic OH excluding ortho intramolecular Hbond substituents is 1. The van der Waals surface area contributed by atoms with Crippen LogP contribution >= 0.6 is 15.9 Å². The van der Waals surface area contributed by atoms with Gasteiger partial charge in [0.15, 0.2) is 0 Å². The van der Waals surface area contributed by atoms with Crippen molar-refractivity contribution in [1.29, 1.82) is 0 Å². The van der Waals surface area contributed by atoms with Crippen molar-refractivity contribution < 1.29 is 9.50 Å². The summed E-state index contributed by atoms with van der Waals surface area (Å²) in [5.74, 6) is -0.457. The molecule has 1 nitrogen and oxygen atoms in total. The molecule has 0 aliphatic heterocycles. The van der Waals surface area contributed by atoms with Crippen molar-refractivity contribution in [2.45, 2.75) is 6.92 Å². The summed E-state index contributed by atoms with van der Waals surface area (Å²) in [5, 5.41) is 8.85. The number of benzene rings is 1. The van der Waals surface area contributed by atoms with E-state index < -0.39 is 5.82 Å². The van der Waals surface area contributed by atoms with Crippen LogP contribution in [0.15, 0.2) is 16.6 Å². The Labute approximate surface area is 66.6 Å². The Morgan fingerprint density at radius 2 is 2.10 bits per heavy atom. The third-order valence-corrected chi connectivity index (χ3v) is 2.09. The number of rotatable bonds is 0. The zero-order valence-electron chi connectivity index (χ0n) is 5.36. The molecule has 0 saturated heterocycles. The highest BCUT2D eigenvalue weighted by molar-refractivity contribution is 9.10. The third-order valence-electron chi connectivity index (χ3n) is 1.27. The molecule has 0 atom stereocenters. The number of phenols is 1. The first-order valence-electron chi connectivity index (χ1n) is 2.76. The molecule has 0 fully saturated rings. The lowest BCUT2D eigenvalue weighted by Gasteiger charge is -1.99. The molecule has 1 aromatic carbocycles. The van der Waals surface area contributed by atoms with Gasteiger partial charge in [0.2, 0.25) is 0 Å². The summed E-state index contributed by atoms with van der Waals surface area (Å²) in [7, 11) is 0. The number of halogens is 2. The molecule has 1 N–H and O–H groups in total. The lowest BCUT2D eigenvalue weighted by Crippen LogP contribution is -1.82. The molecule has 0 aliphatic carbocycles. The third kappa shape index (κ3) is 1.29. The van der Waals surface area contributed by atoms with E-state index in [1.165, 1.54) is 6.07 Å². The first-order chi connectivity index (χ1) is 4.61. The van der Waals surface area contributed by atoms with Crippen LogP contribution in [0.2, 0.25) is 0 Å². The predicted octanol–water partition coefficient (Wildman–Crippen LogP) is 2.60. The number of aromatic hydroxyl groups is 1. The van der Waals surface area contributed by atoms with Gasteiger partial charge in [-0.15, -0.1) is 0 Å². The van der Waals surface area contributed by atoms with Gasteiger partial charge in [-0.25, -0.2) is 4.39 Å². The van der Waals surface area contributed by atoms with Crippen molar-refractivity contribution in [2.75, 3.05) is 0 Å². The first-order valence-corrected chi connectivity index (χ1v) is 3.55. The van der Waals surface area contributed by atoms with Crippen molar-refractivity contribution in [3.8, 4) is 5.75 Å². The second kappa shape index (κ2) is 2.58. The maximum Gasteiger partial charge on any atom is 0.130 e. The minimum atomic E-state index is -0.396. The standard InChI is InChI=1S/C7H6BrFO/c1-4-6(8)2-5(10)3-7(4)9/h2-3,10H,1H3. The van der Waals surface area contributed by atoms with E-state index in [1.807, 2.05) is 0 Å². The van der Waals surface area contributed by atoms with Gasteiger partial charge in [0.25, 0.3) is 0 Å². The lowest BCUT2D eigenvalue weighted by atomic mass is 10.2. The van der Waals surface area contributed by atoms with E-state index in [0.29, 0.717) is 10.0 Å². The molecular formula is C7H6BrFO. The summed E-state index contributed by atoms with van der Waals surface area (Å²) in [6.07, 6.45) is 0. The van der Waals surface area contributed by atoms with Gasteiger partial charge in [0.05, 0.1) is 0 Å². The van der Waals surface area contributed by atoms with E-state index in [2.05, 4.69) is 15.9 Å². The molecule has 0 saturated carbocycles. The summed E-state index contributed by atoms with van der Waals surface area (Å²) in [6.45, 7) is 1.64. The highest BCUT2D eigenvalue weighted by Crippen LogP contribution is 2.23. The zero-order valence-corrected chi connectivity index (χ0v) is 6.94. The van der Waals surface area contributed by atoms with Crippen LogP contribution < -0.4 is 0 Å². The van der Waals surface area contributed by atoms with Gasteiger partial charge < -0.3 is 5.11 Å². The maximum atomic E-state index is 12.7. The second-order valence-corrected chi connectivity index (χ2v) is 2.89. The first kappa shape index (κ1) is 7.54. The number of hydrogen-bond acceptors (Lipinski definition) is 1. The average molecular weight is 205 g/mol. The molecular weight excluding hydrogens is 199 g/mol. The second-order valence-electron chi connectivity index (χ2n) is 2.03. The fourth-order valence-corrected chi connectivity index (χ4v) is 1.06. The summed E-state index contributed by atoms with van der Waals surface area (Å²) < 4.78 is 13.2. The van der Waals surface area contributed by atoms with E-state index in [4.69, 9.17) is 5.11 Å². The monoisotopic (exact) mass is 204 g/mol. The Morgan fingerprint density at radius 3 is 2.60 bits per heavy atom. The van der Waals surface area contributed by atoms with Crippen molar-refractivity contribution in [1.82, 2.24) is 0 Å². The van der Waals surface area contributed by atoms with Crippen LogP contribution in [0.1, 0.15) is 5.56 Å². The quantitative estimate of drug-likeness (QED) is 0.690. The molecule has 0 radical (unpaired) electrons. The Hall–Kier alpha value is -0.570. The summed E-state index contributed by atoms with van der Waals surface area (Å²) in [5.41, 5.74) is 0.512. The minimum Gasteiger partial charge on any atom is -0.508 e. The van der Waals surface area contributed by atoms with E-state index in [0.717, 1.165) is 6.07 Å². The topological polar surface area (TPSA) is 20.2 Å². The Bertz CT molecular complexity index is 237. The van der Waals surface area contributed by atoms with E-state index in [9.17, 15) is 4.39 Å². The van der Waals surface area contributed by atoms with E-state index >= 15 is 0 Å². The smallest absolute Gasteiger partial charge is 0.130 e.